The minimum absolute atomic E-state index is 0.357. The number of hydrogen-bond donors (Lipinski definition) is 2. The van der Waals surface area contributed by atoms with Crippen molar-refractivity contribution >= 4 is 16.0 Å². The van der Waals surface area contributed by atoms with Crippen LogP contribution in [0, 0.1) is 0 Å². The molecule has 33 heavy (non-hydrogen) atoms. The number of aliphatic carboxylic acids is 1. The van der Waals surface area contributed by atoms with Crippen LogP contribution in [0.2, 0.25) is 0 Å². The molecular weight excluding hydrogens is 428 g/mol. The van der Waals surface area contributed by atoms with Crippen molar-refractivity contribution in [3.8, 4) is 0 Å². The summed E-state index contributed by atoms with van der Waals surface area (Å²) in [6, 6.07) is 9.95. The van der Waals surface area contributed by atoms with Crippen molar-refractivity contribution in [3.63, 3.8) is 0 Å². The Labute approximate surface area is 206 Å². The van der Waals surface area contributed by atoms with Crippen LogP contribution in [-0.2, 0) is 10.5 Å². The molecule has 0 amide bonds. The van der Waals surface area contributed by atoms with E-state index < -0.39 is 20.9 Å². The van der Waals surface area contributed by atoms with E-state index in [1.807, 2.05) is 42.8 Å². The maximum absolute atomic E-state index is 12.0. The van der Waals surface area contributed by atoms with Gasteiger partial charge in [0, 0.05) is 5.75 Å². The molecule has 1 aromatic rings. The maximum atomic E-state index is 12.0. The van der Waals surface area contributed by atoms with E-state index in [2.05, 4.69) is 6.92 Å². The second-order valence-corrected chi connectivity index (χ2v) is 14.4. The largest absolute Gasteiger partial charge is 0.478 e. The molecule has 0 aliphatic rings. The number of unbranched alkanes of at least 4 members (excludes halogenated alkanes) is 15. The molecule has 0 saturated carbocycles. The third-order valence-electron chi connectivity index (χ3n) is 6.99. The zero-order valence-corrected chi connectivity index (χ0v) is 22.6. The molecule has 0 fully saturated rings. The monoisotopic (exact) mass is 480 g/mol. The molecule has 192 valence electrons. The first-order valence-electron chi connectivity index (χ1n) is 13.5. The first-order chi connectivity index (χ1) is 15.8. The fraction of sp³-hybridized carbons (Fsp3) is 0.759. The first-order valence-corrected chi connectivity index (χ1v) is 16.2. The van der Waals surface area contributed by atoms with E-state index >= 15 is 0 Å². The van der Waals surface area contributed by atoms with E-state index in [0.717, 1.165) is 24.8 Å². The van der Waals surface area contributed by atoms with Crippen LogP contribution in [0.3, 0.4) is 0 Å². The van der Waals surface area contributed by atoms with Crippen molar-refractivity contribution in [1.29, 1.82) is 0 Å². The van der Waals surface area contributed by atoms with Gasteiger partial charge >= 0.3 is 5.97 Å². The topological polar surface area (TPSA) is 57.5 Å². The van der Waals surface area contributed by atoms with Crippen LogP contribution in [0.25, 0.3) is 0 Å². The molecule has 0 heterocycles. The Morgan fingerprint density at radius 3 is 1.52 bits per heavy atom. The van der Waals surface area contributed by atoms with E-state index in [1.165, 1.54) is 83.5 Å². The summed E-state index contributed by atoms with van der Waals surface area (Å²) in [6.07, 6.45) is 25.0. The molecule has 3 nitrogen and oxygen atoms in total. The van der Waals surface area contributed by atoms with Gasteiger partial charge in [0.1, 0.15) is 0 Å². The van der Waals surface area contributed by atoms with E-state index in [-0.39, 0.29) is 0 Å². The Kier molecular flexibility index (Phi) is 15.9. The Bertz CT molecular complexity index is 617. The van der Waals surface area contributed by atoms with Crippen LogP contribution in [0.15, 0.2) is 30.3 Å². The highest BCUT2D eigenvalue weighted by Gasteiger charge is 2.46. The summed E-state index contributed by atoms with van der Waals surface area (Å²) < 4.78 is 0. The number of carboxylic acids is 1. The van der Waals surface area contributed by atoms with Gasteiger partial charge in [-0.15, -0.1) is 0 Å². The summed E-state index contributed by atoms with van der Waals surface area (Å²) in [4.78, 5) is 10.4. The van der Waals surface area contributed by atoms with Gasteiger partial charge in [0.15, 0.2) is 4.93 Å². The van der Waals surface area contributed by atoms with Crippen LogP contribution in [-0.4, -0.2) is 33.6 Å². The lowest BCUT2D eigenvalue weighted by molar-refractivity contribution is -0.150. The lowest BCUT2D eigenvalue weighted by atomic mass is 10.0. The third kappa shape index (κ3) is 12.3. The van der Waals surface area contributed by atoms with Crippen molar-refractivity contribution in [3.05, 3.63) is 35.9 Å². The van der Waals surface area contributed by atoms with Gasteiger partial charge in [-0.25, -0.2) is 14.8 Å². The van der Waals surface area contributed by atoms with Gasteiger partial charge in [-0.3, -0.25) is 0 Å². The van der Waals surface area contributed by atoms with Crippen molar-refractivity contribution in [2.75, 3.05) is 12.5 Å². The summed E-state index contributed by atoms with van der Waals surface area (Å²) >= 11 is 0. The van der Waals surface area contributed by atoms with Gasteiger partial charge in [-0.2, -0.15) is 0 Å². The molecule has 4 heteroatoms. The molecule has 1 unspecified atom stereocenters. The Hall–Kier alpha value is -1.00. The smallest absolute Gasteiger partial charge is 0.344 e. The zero-order chi connectivity index (χ0) is 24.4. The van der Waals surface area contributed by atoms with Gasteiger partial charge in [0.2, 0.25) is 0 Å². The Balaban J connectivity index is 2.12. The normalized spacial score (nSPS) is 14.2. The quantitative estimate of drug-likeness (QED) is 0.173. The SMILES string of the molecule is CCCCCCCCCCCCCCCCCCC(O)(C(=O)O)S(C)(C)Cc1ccccc1. The van der Waals surface area contributed by atoms with Crippen LogP contribution in [0.4, 0.5) is 0 Å². The van der Waals surface area contributed by atoms with Gasteiger partial charge < -0.3 is 10.2 Å². The number of carbonyl (C=O) groups is 1. The van der Waals surface area contributed by atoms with E-state index in [9.17, 15) is 15.0 Å². The highest BCUT2D eigenvalue weighted by Crippen LogP contribution is 2.56. The maximum Gasteiger partial charge on any atom is 0.344 e. The molecule has 0 aromatic heterocycles. The second-order valence-electron chi connectivity index (χ2n) is 10.3. The van der Waals surface area contributed by atoms with Crippen LogP contribution in [0.1, 0.15) is 122 Å². The predicted octanol–water partition coefficient (Wildman–Crippen LogP) is 8.68. The predicted molar refractivity (Wildman–Crippen MR) is 146 cm³/mol. The molecule has 2 N–H and O–H groups in total. The average molecular weight is 481 g/mol. The zero-order valence-electron chi connectivity index (χ0n) is 21.8. The molecule has 0 bridgehead atoms. The highest BCUT2D eigenvalue weighted by molar-refractivity contribution is 8.33. The first kappa shape index (κ1) is 30.0. The molecule has 0 saturated heterocycles. The van der Waals surface area contributed by atoms with Gasteiger partial charge in [0.05, 0.1) is 0 Å². The standard InChI is InChI=1S/C29H52O3S/c1-4-5-6-7-8-9-10-11-12-13-14-15-16-17-18-22-25-29(32,28(30)31)33(2,3)26-27-23-20-19-21-24-27/h19-21,23-24,32H,4-18,22,25-26H2,1-3H3,(H,30,31). The summed E-state index contributed by atoms with van der Waals surface area (Å²) in [5, 5.41) is 21.0. The third-order valence-corrected chi connectivity index (χ3v) is 10.2. The second kappa shape index (κ2) is 17.4. The summed E-state index contributed by atoms with van der Waals surface area (Å²) in [5.41, 5.74) is 1.10. The van der Waals surface area contributed by atoms with Gasteiger partial charge in [-0.05, 0) is 30.9 Å². The van der Waals surface area contributed by atoms with Crippen LogP contribution >= 0.6 is 10.0 Å². The number of rotatable bonds is 21. The molecule has 0 radical (unpaired) electrons. The van der Waals surface area contributed by atoms with Crippen LogP contribution in [0.5, 0.6) is 0 Å². The van der Waals surface area contributed by atoms with E-state index in [4.69, 9.17) is 0 Å². The summed E-state index contributed by atoms with van der Waals surface area (Å²) in [5.74, 6) is -0.422. The average Bonchev–Trinajstić information content (AvgIpc) is 2.78. The van der Waals surface area contributed by atoms with Gasteiger partial charge in [0.25, 0.3) is 0 Å². The Morgan fingerprint density at radius 2 is 1.12 bits per heavy atom. The lowest BCUT2D eigenvalue weighted by Gasteiger charge is -2.44. The fourth-order valence-corrected chi connectivity index (χ4v) is 7.08. The summed E-state index contributed by atoms with van der Waals surface area (Å²) in [6.45, 7) is 2.27. The molecular formula is C29H52O3S. The van der Waals surface area contributed by atoms with Gasteiger partial charge in [-0.1, -0.05) is 134 Å². The molecule has 0 spiro atoms. The number of benzene rings is 1. The minimum atomic E-state index is -1.74. The van der Waals surface area contributed by atoms with Crippen molar-refractivity contribution in [2.45, 2.75) is 127 Å². The van der Waals surface area contributed by atoms with Crippen molar-refractivity contribution in [2.24, 2.45) is 0 Å². The lowest BCUT2D eigenvalue weighted by Crippen LogP contribution is -2.43. The minimum Gasteiger partial charge on any atom is -0.478 e. The molecule has 1 rings (SSSR count). The highest BCUT2D eigenvalue weighted by atomic mass is 32.3. The number of carboxylic acid groups (broad SMARTS) is 1. The van der Waals surface area contributed by atoms with E-state index in [0.29, 0.717) is 12.2 Å². The molecule has 0 aliphatic heterocycles. The fourth-order valence-electron chi connectivity index (χ4n) is 4.64. The van der Waals surface area contributed by atoms with Crippen molar-refractivity contribution in [1.82, 2.24) is 0 Å². The number of hydrogen-bond acceptors (Lipinski definition) is 2. The van der Waals surface area contributed by atoms with Crippen molar-refractivity contribution < 1.29 is 15.0 Å². The Morgan fingerprint density at radius 1 is 0.727 bits per heavy atom. The van der Waals surface area contributed by atoms with E-state index in [1.54, 1.807) is 0 Å². The summed E-state index contributed by atoms with van der Waals surface area (Å²) in [7, 11) is -1.74. The van der Waals surface area contributed by atoms with Crippen LogP contribution < -0.4 is 0 Å². The molecule has 0 aliphatic carbocycles. The number of aliphatic hydroxyl groups is 1. The molecule has 1 atom stereocenters. The molecule has 1 aromatic carbocycles.